The highest BCUT2D eigenvalue weighted by atomic mass is 16.2. The second-order valence-corrected chi connectivity index (χ2v) is 5.43. The average Bonchev–Trinajstić information content (AvgIpc) is 2.42. The van der Waals surface area contributed by atoms with E-state index in [9.17, 15) is 14.4 Å². The summed E-state index contributed by atoms with van der Waals surface area (Å²) in [5.74, 6) is -0.361. The van der Waals surface area contributed by atoms with Crippen LogP contribution in [0.4, 0.5) is 0 Å². The van der Waals surface area contributed by atoms with E-state index in [4.69, 9.17) is 0 Å². The first kappa shape index (κ1) is 15.8. The lowest BCUT2D eigenvalue weighted by molar-refractivity contribution is 0.0949. The monoisotopic (exact) mass is 301 g/mol. The number of hydrogen-bond donors (Lipinski definition) is 3. The summed E-state index contributed by atoms with van der Waals surface area (Å²) in [4.78, 5) is 41.2. The summed E-state index contributed by atoms with van der Waals surface area (Å²) in [6.07, 6.45) is 1.51. The van der Waals surface area contributed by atoms with Crippen LogP contribution in [0.1, 0.15) is 38.3 Å². The number of aromatic amines is 2. The Morgan fingerprint density at radius 2 is 1.77 bits per heavy atom. The van der Waals surface area contributed by atoms with Crippen LogP contribution in [-0.4, -0.2) is 15.9 Å². The maximum atomic E-state index is 12.3. The molecule has 0 saturated heterocycles. The fraction of sp³-hybridized carbons (Fsp3) is 0.312. The van der Waals surface area contributed by atoms with Gasteiger partial charge in [-0.05, 0) is 44.9 Å². The lowest BCUT2D eigenvalue weighted by Crippen LogP contribution is -2.30. The molecule has 0 saturated carbocycles. The zero-order valence-electron chi connectivity index (χ0n) is 13.1. The molecule has 2 rings (SSSR count). The highest BCUT2D eigenvalue weighted by molar-refractivity contribution is 5.96. The SMILES string of the molecule is Cc1cc(C)c(CNC(=O)c2c(C)c[nH]c(=O)c2C)c(=O)[nH]1. The number of nitrogens with one attached hydrogen (secondary N) is 3. The lowest BCUT2D eigenvalue weighted by atomic mass is 10.1. The zero-order chi connectivity index (χ0) is 16.4. The highest BCUT2D eigenvalue weighted by Crippen LogP contribution is 2.09. The predicted molar refractivity (Wildman–Crippen MR) is 84.2 cm³/mol. The fourth-order valence-corrected chi connectivity index (χ4v) is 2.47. The third-order valence-corrected chi connectivity index (χ3v) is 3.68. The van der Waals surface area contributed by atoms with Crippen molar-refractivity contribution >= 4 is 5.91 Å². The third-order valence-electron chi connectivity index (χ3n) is 3.68. The van der Waals surface area contributed by atoms with Gasteiger partial charge in [0, 0.05) is 29.6 Å². The molecular weight excluding hydrogens is 282 g/mol. The van der Waals surface area contributed by atoms with E-state index < -0.39 is 0 Å². The van der Waals surface area contributed by atoms with E-state index >= 15 is 0 Å². The van der Waals surface area contributed by atoms with Gasteiger partial charge < -0.3 is 15.3 Å². The Labute approximate surface area is 127 Å². The largest absolute Gasteiger partial charge is 0.348 e. The van der Waals surface area contributed by atoms with Gasteiger partial charge in [-0.25, -0.2) is 0 Å². The fourth-order valence-electron chi connectivity index (χ4n) is 2.47. The number of carbonyl (C=O) groups excluding carboxylic acids is 1. The smallest absolute Gasteiger partial charge is 0.253 e. The van der Waals surface area contributed by atoms with E-state index in [1.165, 1.54) is 6.20 Å². The van der Waals surface area contributed by atoms with Crippen molar-refractivity contribution < 1.29 is 4.79 Å². The topological polar surface area (TPSA) is 94.8 Å². The summed E-state index contributed by atoms with van der Waals surface area (Å²) >= 11 is 0. The minimum atomic E-state index is -0.361. The van der Waals surface area contributed by atoms with E-state index in [0.29, 0.717) is 22.3 Å². The molecule has 0 radical (unpaired) electrons. The average molecular weight is 301 g/mol. The lowest BCUT2D eigenvalue weighted by Gasteiger charge is -2.11. The van der Waals surface area contributed by atoms with Gasteiger partial charge in [-0.1, -0.05) is 0 Å². The standard InChI is InChI=1S/C16H19N3O3/c1-8-5-10(3)19-15(21)12(8)7-18-16(22)13-9(2)6-17-14(20)11(13)4/h5-6H,7H2,1-4H3,(H,17,20)(H,18,22)(H,19,21). The van der Waals surface area contributed by atoms with Gasteiger partial charge in [-0.3, -0.25) is 14.4 Å². The van der Waals surface area contributed by atoms with Crippen LogP contribution in [0.5, 0.6) is 0 Å². The van der Waals surface area contributed by atoms with Crippen molar-refractivity contribution in [3.63, 3.8) is 0 Å². The van der Waals surface area contributed by atoms with E-state index in [1.807, 2.05) is 13.0 Å². The number of pyridine rings is 2. The van der Waals surface area contributed by atoms with Gasteiger partial charge in [-0.2, -0.15) is 0 Å². The number of amides is 1. The quantitative estimate of drug-likeness (QED) is 0.795. The molecule has 0 unspecified atom stereocenters. The van der Waals surface area contributed by atoms with Crippen LogP contribution >= 0.6 is 0 Å². The molecule has 0 fully saturated rings. The van der Waals surface area contributed by atoms with Crippen LogP contribution in [-0.2, 0) is 6.54 Å². The molecule has 0 aliphatic carbocycles. The van der Waals surface area contributed by atoms with Gasteiger partial charge in [0.2, 0.25) is 0 Å². The van der Waals surface area contributed by atoms with Gasteiger partial charge in [0.1, 0.15) is 0 Å². The van der Waals surface area contributed by atoms with Crippen molar-refractivity contribution in [1.29, 1.82) is 0 Å². The van der Waals surface area contributed by atoms with E-state index in [0.717, 1.165) is 11.3 Å². The van der Waals surface area contributed by atoms with Crippen molar-refractivity contribution in [2.45, 2.75) is 34.2 Å². The Morgan fingerprint density at radius 1 is 1.09 bits per heavy atom. The summed E-state index contributed by atoms with van der Waals surface area (Å²) in [5.41, 5.74) is 3.01. The van der Waals surface area contributed by atoms with Crippen LogP contribution in [0.3, 0.4) is 0 Å². The molecule has 0 aromatic carbocycles. The van der Waals surface area contributed by atoms with Crippen molar-refractivity contribution in [2.24, 2.45) is 0 Å². The minimum Gasteiger partial charge on any atom is -0.348 e. The molecule has 1 amide bonds. The highest BCUT2D eigenvalue weighted by Gasteiger charge is 2.15. The Hall–Kier alpha value is -2.63. The van der Waals surface area contributed by atoms with Gasteiger partial charge in [0.15, 0.2) is 0 Å². The number of carbonyl (C=O) groups is 1. The van der Waals surface area contributed by atoms with Gasteiger partial charge in [0.05, 0.1) is 5.56 Å². The van der Waals surface area contributed by atoms with Crippen molar-refractivity contribution in [3.05, 3.63) is 66.5 Å². The molecule has 116 valence electrons. The molecule has 22 heavy (non-hydrogen) atoms. The van der Waals surface area contributed by atoms with E-state index in [-0.39, 0.29) is 23.6 Å². The Morgan fingerprint density at radius 3 is 2.41 bits per heavy atom. The molecule has 2 aromatic rings. The number of aryl methyl sites for hydroxylation is 3. The second-order valence-electron chi connectivity index (χ2n) is 5.43. The number of H-pyrrole nitrogens is 2. The molecule has 6 heteroatoms. The maximum Gasteiger partial charge on any atom is 0.253 e. The minimum absolute atomic E-state index is 0.117. The van der Waals surface area contributed by atoms with E-state index in [2.05, 4.69) is 15.3 Å². The first-order valence-electron chi connectivity index (χ1n) is 6.97. The summed E-state index contributed by atoms with van der Waals surface area (Å²) in [6, 6.07) is 1.85. The number of rotatable bonds is 3. The van der Waals surface area contributed by atoms with Crippen LogP contribution in [0.25, 0.3) is 0 Å². The summed E-state index contributed by atoms with van der Waals surface area (Å²) in [7, 11) is 0. The zero-order valence-corrected chi connectivity index (χ0v) is 13.1. The van der Waals surface area contributed by atoms with Crippen LogP contribution in [0.15, 0.2) is 21.9 Å². The van der Waals surface area contributed by atoms with Crippen LogP contribution in [0.2, 0.25) is 0 Å². The maximum absolute atomic E-state index is 12.3. The molecule has 6 nitrogen and oxygen atoms in total. The summed E-state index contributed by atoms with van der Waals surface area (Å²) < 4.78 is 0. The predicted octanol–water partition coefficient (Wildman–Crippen LogP) is 1.23. The first-order valence-corrected chi connectivity index (χ1v) is 6.97. The van der Waals surface area contributed by atoms with Crippen molar-refractivity contribution in [3.8, 4) is 0 Å². The third kappa shape index (κ3) is 3.00. The van der Waals surface area contributed by atoms with E-state index in [1.54, 1.807) is 20.8 Å². The molecule has 3 N–H and O–H groups in total. The summed E-state index contributed by atoms with van der Waals surface area (Å²) in [5, 5.41) is 2.71. The van der Waals surface area contributed by atoms with Crippen molar-refractivity contribution in [2.75, 3.05) is 0 Å². The Balaban J connectivity index is 2.27. The Kier molecular flexibility index (Phi) is 4.30. The first-order chi connectivity index (χ1) is 10.3. The van der Waals surface area contributed by atoms with Crippen molar-refractivity contribution in [1.82, 2.24) is 15.3 Å². The normalized spacial score (nSPS) is 10.5. The Bertz CT molecular complexity index is 847. The van der Waals surface area contributed by atoms with Gasteiger partial charge in [0.25, 0.3) is 17.0 Å². The van der Waals surface area contributed by atoms with Gasteiger partial charge >= 0.3 is 0 Å². The molecule has 2 heterocycles. The number of aromatic nitrogens is 2. The molecule has 0 aliphatic rings. The molecule has 0 spiro atoms. The second kappa shape index (κ2) is 6.01. The van der Waals surface area contributed by atoms with Crippen LogP contribution in [0, 0.1) is 27.7 Å². The molecule has 0 atom stereocenters. The molecular formula is C16H19N3O3. The van der Waals surface area contributed by atoms with Crippen LogP contribution < -0.4 is 16.4 Å². The summed E-state index contributed by atoms with van der Waals surface area (Å²) in [6.45, 7) is 7.10. The molecule has 0 bridgehead atoms. The van der Waals surface area contributed by atoms with Gasteiger partial charge in [-0.15, -0.1) is 0 Å². The molecule has 0 aliphatic heterocycles. The molecule has 2 aromatic heterocycles. The number of hydrogen-bond acceptors (Lipinski definition) is 3.